The van der Waals surface area contributed by atoms with Gasteiger partial charge in [-0.25, -0.2) is 9.67 Å². The summed E-state index contributed by atoms with van der Waals surface area (Å²) in [5.74, 6) is -0.147. The number of carbonyl (C=O) groups is 1. The Morgan fingerprint density at radius 1 is 1.19 bits per heavy atom. The van der Waals surface area contributed by atoms with Crippen molar-refractivity contribution in [1.29, 1.82) is 0 Å². The molecular weight excluding hydrogens is 422 g/mol. The summed E-state index contributed by atoms with van der Waals surface area (Å²) in [6, 6.07) is 9.85. The Kier molecular flexibility index (Phi) is 5.61. The van der Waals surface area contributed by atoms with Crippen LogP contribution in [0.3, 0.4) is 0 Å². The van der Waals surface area contributed by atoms with Crippen LogP contribution in [0.5, 0.6) is 0 Å². The molecule has 3 aromatic heterocycles. The lowest BCUT2D eigenvalue weighted by atomic mass is 9.97. The Hall–Kier alpha value is -3.26. The summed E-state index contributed by atoms with van der Waals surface area (Å²) in [6.07, 6.45) is 8.45. The molecule has 1 aliphatic rings. The largest absolute Gasteiger partial charge is 0.323 e. The van der Waals surface area contributed by atoms with Gasteiger partial charge in [-0.3, -0.25) is 14.2 Å². The quantitative estimate of drug-likeness (QED) is 0.482. The molecule has 7 nitrogen and oxygen atoms in total. The van der Waals surface area contributed by atoms with Crippen LogP contribution in [0.25, 0.3) is 15.9 Å². The second-order valence-electron chi connectivity index (χ2n) is 8.04. The van der Waals surface area contributed by atoms with Crippen LogP contribution in [0, 0.1) is 0 Å². The highest BCUT2D eigenvalue weighted by Gasteiger charge is 2.20. The number of amides is 1. The van der Waals surface area contributed by atoms with Crippen molar-refractivity contribution in [3.63, 3.8) is 0 Å². The van der Waals surface area contributed by atoms with Crippen LogP contribution in [-0.2, 0) is 30.6 Å². The van der Waals surface area contributed by atoms with E-state index in [2.05, 4.69) is 15.4 Å². The lowest BCUT2D eigenvalue weighted by molar-refractivity contribution is -0.116. The van der Waals surface area contributed by atoms with Crippen LogP contribution in [0.15, 0.2) is 47.7 Å². The Balaban J connectivity index is 1.32. The van der Waals surface area contributed by atoms with Gasteiger partial charge in [0.05, 0.1) is 35.0 Å². The van der Waals surface area contributed by atoms with Gasteiger partial charge in [-0.2, -0.15) is 5.10 Å². The van der Waals surface area contributed by atoms with Gasteiger partial charge in [0.25, 0.3) is 5.56 Å². The fraction of sp³-hybridized carbons (Fsp3) is 0.333. The monoisotopic (exact) mass is 447 g/mol. The molecule has 1 N–H and O–H groups in total. The molecule has 1 aliphatic carbocycles. The summed E-state index contributed by atoms with van der Waals surface area (Å²) in [4.78, 5) is 32.4. The van der Waals surface area contributed by atoms with E-state index in [1.54, 1.807) is 28.4 Å². The number of carbonyl (C=O) groups excluding carboxylic acids is 1. The van der Waals surface area contributed by atoms with E-state index in [4.69, 9.17) is 0 Å². The van der Waals surface area contributed by atoms with Crippen LogP contribution in [0.1, 0.15) is 42.3 Å². The Morgan fingerprint density at radius 3 is 2.81 bits per heavy atom. The summed E-state index contributed by atoms with van der Waals surface area (Å²) in [6.45, 7) is 2.33. The normalized spacial score (nSPS) is 13.3. The molecule has 3 heterocycles. The van der Waals surface area contributed by atoms with Crippen molar-refractivity contribution in [2.45, 2.75) is 52.0 Å². The SMILES string of the molecule is CCc1c(NC(=O)CCn2cnc3sc4c(c3c2=O)CCCC4)cnn1-c1ccccc1. The topological polar surface area (TPSA) is 81.8 Å². The van der Waals surface area contributed by atoms with Crippen molar-refractivity contribution in [3.05, 3.63) is 69.3 Å². The van der Waals surface area contributed by atoms with Crippen molar-refractivity contribution in [1.82, 2.24) is 19.3 Å². The molecule has 0 radical (unpaired) electrons. The zero-order valence-corrected chi connectivity index (χ0v) is 18.8. The number of hydrogen-bond donors (Lipinski definition) is 1. The lowest BCUT2D eigenvalue weighted by Crippen LogP contribution is -2.24. The van der Waals surface area contributed by atoms with Gasteiger partial charge in [-0.05, 0) is 49.8 Å². The molecule has 0 fully saturated rings. The molecule has 1 aromatic carbocycles. The Morgan fingerprint density at radius 2 is 2.00 bits per heavy atom. The molecular formula is C24H25N5O2S. The van der Waals surface area contributed by atoms with E-state index in [0.717, 1.165) is 47.3 Å². The standard InChI is InChI=1S/C24H25N5O2S/c1-2-19-18(14-26-29(19)16-8-4-3-5-9-16)27-21(30)12-13-28-15-25-23-22(24(28)31)17-10-6-7-11-20(17)32-23/h3-5,8-9,14-15H,2,6-7,10-13H2,1H3,(H,27,30). The van der Waals surface area contributed by atoms with Crippen LogP contribution in [0.2, 0.25) is 0 Å². The second kappa shape index (κ2) is 8.70. The first-order chi connectivity index (χ1) is 15.7. The zero-order chi connectivity index (χ0) is 22.1. The number of aromatic nitrogens is 4. The number of nitrogens with one attached hydrogen (secondary N) is 1. The molecule has 1 amide bonds. The van der Waals surface area contributed by atoms with E-state index in [-0.39, 0.29) is 17.9 Å². The van der Waals surface area contributed by atoms with Crippen LogP contribution in [0.4, 0.5) is 5.69 Å². The molecule has 8 heteroatoms. The van der Waals surface area contributed by atoms with Crippen molar-refractivity contribution in [2.75, 3.05) is 5.32 Å². The van der Waals surface area contributed by atoms with E-state index in [0.29, 0.717) is 12.2 Å². The summed E-state index contributed by atoms with van der Waals surface area (Å²) in [5, 5.41) is 8.17. The minimum absolute atomic E-state index is 0.0339. The molecule has 32 heavy (non-hydrogen) atoms. The number of fused-ring (bicyclic) bond motifs is 3. The highest BCUT2D eigenvalue weighted by Crippen LogP contribution is 2.33. The molecule has 5 rings (SSSR count). The van der Waals surface area contributed by atoms with E-state index in [1.807, 2.05) is 41.9 Å². The molecule has 0 unspecified atom stereocenters. The van der Waals surface area contributed by atoms with Gasteiger partial charge < -0.3 is 5.32 Å². The number of anilines is 1. The molecule has 0 atom stereocenters. The number of nitrogens with zero attached hydrogens (tertiary/aromatic N) is 4. The van der Waals surface area contributed by atoms with E-state index in [9.17, 15) is 9.59 Å². The predicted octanol–water partition coefficient (Wildman–Crippen LogP) is 4.11. The maximum absolute atomic E-state index is 13.1. The second-order valence-corrected chi connectivity index (χ2v) is 9.12. The van der Waals surface area contributed by atoms with Crippen molar-refractivity contribution in [2.24, 2.45) is 0 Å². The smallest absolute Gasteiger partial charge is 0.262 e. The van der Waals surface area contributed by atoms with Crippen molar-refractivity contribution < 1.29 is 4.79 Å². The van der Waals surface area contributed by atoms with Gasteiger partial charge in [0.1, 0.15) is 4.83 Å². The molecule has 4 aromatic rings. The predicted molar refractivity (Wildman–Crippen MR) is 127 cm³/mol. The first-order valence-electron chi connectivity index (χ1n) is 11.1. The highest BCUT2D eigenvalue weighted by molar-refractivity contribution is 7.18. The Labute approximate surface area is 189 Å². The maximum Gasteiger partial charge on any atom is 0.262 e. The third-order valence-electron chi connectivity index (χ3n) is 6.00. The third-order valence-corrected chi connectivity index (χ3v) is 7.20. The number of para-hydroxylation sites is 1. The van der Waals surface area contributed by atoms with E-state index >= 15 is 0 Å². The first kappa shape index (κ1) is 20.6. The van der Waals surface area contributed by atoms with Gasteiger partial charge >= 0.3 is 0 Å². The number of hydrogen-bond acceptors (Lipinski definition) is 5. The molecule has 0 bridgehead atoms. The van der Waals surface area contributed by atoms with Crippen LogP contribution >= 0.6 is 11.3 Å². The van der Waals surface area contributed by atoms with E-state index in [1.165, 1.54) is 16.9 Å². The van der Waals surface area contributed by atoms with Gasteiger partial charge in [0.2, 0.25) is 5.91 Å². The highest BCUT2D eigenvalue weighted by atomic mass is 32.1. The van der Waals surface area contributed by atoms with Crippen LogP contribution in [-0.4, -0.2) is 25.2 Å². The molecule has 0 spiro atoms. The molecule has 0 saturated heterocycles. The molecule has 164 valence electrons. The number of aryl methyl sites for hydroxylation is 3. The average Bonchev–Trinajstić information content (AvgIpc) is 3.40. The van der Waals surface area contributed by atoms with Gasteiger partial charge in [0.15, 0.2) is 0 Å². The number of rotatable bonds is 6. The van der Waals surface area contributed by atoms with Gasteiger partial charge in [-0.1, -0.05) is 25.1 Å². The maximum atomic E-state index is 13.1. The van der Waals surface area contributed by atoms with Crippen molar-refractivity contribution >= 4 is 33.1 Å². The van der Waals surface area contributed by atoms with Crippen molar-refractivity contribution in [3.8, 4) is 5.69 Å². The summed E-state index contributed by atoms with van der Waals surface area (Å²) < 4.78 is 3.41. The summed E-state index contributed by atoms with van der Waals surface area (Å²) in [7, 11) is 0. The molecule has 0 saturated carbocycles. The van der Waals surface area contributed by atoms with Crippen LogP contribution < -0.4 is 10.9 Å². The molecule has 0 aliphatic heterocycles. The minimum Gasteiger partial charge on any atom is -0.323 e. The average molecular weight is 448 g/mol. The number of thiophene rings is 1. The van der Waals surface area contributed by atoms with Gasteiger partial charge in [0, 0.05) is 17.8 Å². The summed E-state index contributed by atoms with van der Waals surface area (Å²) in [5.41, 5.74) is 3.74. The van der Waals surface area contributed by atoms with Gasteiger partial charge in [-0.15, -0.1) is 11.3 Å². The van der Waals surface area contributed by atoms with E-state index < -0.39 is 0 Å². The lowest BCUT2D eigenvalue weighted by Gasteiger charge is -2.11. The minimum atomic E-state index is -0.147. The fourth-order valence-corrected chi connectivity index (χ4v) is 5.60. The zero-order valence-electron chi connectivity index (χ0n) is 18.0. The first-order valence-corrected chi connectivity index (χ1v) is 11.9. The summed E-state index contributed by atoms with van der Waals surface area (Å²) >= 11 is 1.64. The number of benzene rings is 1. The fourth-order valence-electron chi connectivity index (χ4n) is 4.39. The third kappa shape index (κ3) is 3.75. The Bertz CT molecular complexity index is 1340.